The second-order valence-electron chi connectivity index (χ2n) is 1.51. The summed E-state index contributed by atoms with van der Waals surface area (Å²) in [5.74, 6) is 1.56. The molecule has 0 atom stereocenters. The summed E-state index contributed by atoms with van der Waals surface area (Å²) in [4.78, 5) is 3.90. The molecule has 0 radical (unpaired) electrons. The van der Waals surface area contributed by atoms with Crippen molar-refractivity contribution in [3.8, 4) is 0 Å². The fourth-order valence-electron chi connectivity index (χ4n) is 0.586. The lowest BCUT2D eigenvalue weighted by Gasteiger charge is -1.88. The van der Waals surface area contributed by atoms with Gasteiger partial charge in [-0.15, -0.1) is 0 Å². The predicted molar refractivity (Wildman–Crippen MR) is 41.6 cm³/mol. The molecule has 1 aliphatic heterocycles. The lowest BCUT2D eigenvalue weighted by atomic mass is 10.5. The Morgan fingerprint density at radius 3 is 3.44 bits per heavy atom. The number of fused-ring (bicyclic) bond motifs is 1. The van der Waals surface area contributed by atoms with E-state index < -0.39 is 0 Å². The maximum atomic E-state index is 4.98. The van der Waals surface area contributed by atoms with Crippen molar-refractivity contribution in [3.05, 3.63) is 16.2 Å². The van der Waals surface area contributed by atoms with Crippen LogP contribution in [0.4, 0.5) is 5.82 Å². The molecule has 1 aromatic heterocycles. The molecule has 0 fully saturated rings. The third-order valence-corrected chi connectivity index (χ3v) is 2.39. The summed E-state index contributed by atoms with van der Waals surface area (Å²) < 4.78 is 11.2. The number of hydrogen-bond donors (Lipinski definition) is 0. The van der Waals surface area contributed by atoms with Gasteiger partial charge < -0.3 is 4.42 Å². The molecule has 0 bridgehead atoms. The van der Waals surface area contributed by atoms with Gasteiger partial charge in [0.1, 0.15) is 0 Å². The van der Waals surface area contributed by atoms with Crippen LogP contribution in [0.5, 0.6) is 0 Å². The highest BCUT2D eigenvalue weighted by molar-refractivity contribution is 14.2. The van der Waals surface area contributed by atoms with E-state index in [1.807, 2.05) is 10.2 Å². The Balaban J connectivity index is 2.68. The van der Waals surface area contributed by atoms with E-state index in [0.29, 0.717) is 0 Å². The molecular formula is C5H3IN2O. The van der Waals surface area contributed by atoms with Gasteiger partial charge in [-0.1, -0.05) is 0 Å². The third kappa shape index (κ3) is 0.827. The minimum absolute atomic E-state index is 0.126. The first-order valence-corrected chi connectivity index (χ1v) is 4.61. The predicted octanol–water partition coefficient (Wildman–Crippen LogP) is 2.44. The molecule has 3 nitrogen and oxygen atoms in total. The Morgan fingerprint density at radius 1 is 1.56 bits per heavy atom. The topological polar surface area (TPSA) is 38.4 Å². The van der Waals surface area contributed by atoms with E-state index in [-0.39, 0.29) is 21.0 Å². The summed E-state index contributed by atoms with van der Waals surface area (Å²) in [6, 6.07) is 0. The van der Waals surface area contributed by atoms with E-state index in [0.717, 1.165) is 11.6 Å². The lowest BCUT2D eigenvalue weighted by Crippen LogP contribution is -1.66. The first-order chi connectivity index (χ1) is 4.47. The van der Waals surface area contributed by atoms with Crippen molar-refractivity contribution in [3.63, 3.8) is 0 Å². The minimum Gasteiger partial charge on any atom is -0.442 e. The van der Waals surface area contributed by atoms with Crippen LogP contribution in [0, 0.1) is 0 Å². The van der Waals surface area contributed by atoms with Crippen LogP contribution < -0.4 is 0 Å². The highest BCUT2D eigenvalue weighted by Gasteiger charge is 2.03. The Kier molecular flexibility index (Phi) is 1.18. The fraction of sp³-hybridized carbons (Fsp3) is 0. The van der Waals surface area contributed by atoms with Crippen LogP contribution in [0.3, 0.4) is 0 Å². The number of hydrogen-bond acceptors (Lipinski definition) is 3. The molecule has 0 spiro atoms. The molecule has 46 valence electrons. The van der Waals surface area contributed by atoms with Crippen LogP contribution in [0.25, 0.3) is 6.08 Å². The number of rotatable bonds is 0. The SMILES string of the molecule is C1=Cc2ocnc2N=I1. The van der Waals surface area contributed by atoms with Crippen molar-refractivity contribution < 1.29 is 4.42 Å². The quantitative estimate of drug-likeness (QED) is 0.646. The van der Waals surface area contributed by atoms with Crippen LogP contribution in [-0.2, 0) is 0 Å². The number of nitrogens with zero attached hydrogens (tertiary/aromatic N) is 2. The van der Waals surface area contributed by atoms with Gasteiger partial charge in [0.25, 0.3) is 0 Å². The highest BCUT2D eigenvalue weighted by Crippen LogP contribution is 2.27. The van der Waals surface area contributed by atoms with Crippen LogP contribution in [0.15, 0.2) is 18.0 Å². The molecule has 4 heteroatoms. The van der Waals surface area contributed by atoms with Gasteiger partial charge >= 0.3 is 0 Å². The molecule has 0 amide bonds. The largest absolute Gasteiger partial charge is 0.442 e. The average molecular weight is 234 g/mol. The van der Waals surface area contributed by atoms with Gasteiger partial charge in [0.2, 0.25) is 5.82 Å². The summed E-state index contributed by atoms with van der Waals surface area (Å²) in [5.41, 5.74) is 0. The molecule has 1 aromatic rings. The Hall–Kier alpha value is -0.520. The van der Waals surface area contributed by atoms with Gasteiger partial charge in [-0.05, 0) is 10.2 Å². The molecule has 0 aliphatic carbocycles. The van der Waals surface area contributed by atoms with E-state index in [2.05, 4.69) is 8.13 Å². The zero-order chi connectivity index (χ0) is 6.10. The second kappa shape index (κ2) is 2.02. The molecule has 2 heterocycles. The van der Waals surface area contributed by atoms with Gasteiger partial charge in [-0.25, -0.2) is 0 Å². The van der Waals surface area contributed by atoms with Crippen LogP contribution in [0.1, 0.15) is 5.76 Å². The van der Waals surface area contributed by atoms with E-state index in [4.69, 9.17) is 4.42 Å². The summed E-state index contributed by atoms with van der Waals surface area (Å²) in [7, 11) is 0. The van der Waals surface area contributed by atoms with Crippen molar-refractivity contribution >= 4 is 32.9 Å². The molecule has 0 saturated carbocycles. The molecule has 9 heavy (non-hydrogen) atoms. The molecule has 0 saturated heterocycles. The van der Waals surface area contributed by atoms with Crippen molar-refractivity contribution in [2.75, 3.05) is 0 Å². The Bertz CT molecular complexity index is 250. The second-order valence-corrected chi connectivity index (χ2v) is 3.27. The van der Waals surface area contributed by atoms with Crippen LogP contribution >= 0.6 is 21.0 Å². The highest BCUT2D eigenvalue weighted by atomic mass is 127. The van der Waals surface area contributed by atoms with Crippen LogP contribution in [0.2, 0.25) is 0 Å². The smallest absolute Gasteiger partial charge is 0.203 e. The summed E-state index contributed by atoms with van der Waals surface area (Å²) in [6.07, 6.45) is 3.36. The monoisotopic (exact) mass is 234 g/mol. The first kappa shape index (κ1) is 5.28. The van der Waals surface area contributed by atoms with Gasteiger partial charge in [-0.3, -0.25) is 0 Å². The van der Waals surface area contributed by atoms with Crippen LogP contribution in [-0.4, -0.2) is 4.98 Å². The maximum absolute atomic E-state index is 4.98. The Labute approximate surface area is 61.9 Å². The molecule has 1 aliphatic rings. The summed E-state index contributed by atoms with van der Waals surface area (Å²) in [6.45, 7) is 0. The zero-order valence-electron chi connectivity index (χ0n) is 4.41. The van der Waals surface area contributed by atoms with Crippen molar-refractivity contribution in [1.29, 1.82) is 0 Å². The number of oxazole rings is 1. The summed E-state index contributed by atoms with van der Waals surface area (Å²) >= 11 is -0.126. The van der Waals surface area contributed by atoms with Gasteiger partial charge in [0.15, 0.2) is 12.2 Å². The molecule has 0 N–H and O–H groups in total. The van der Waals surface area contributed by atoms with E-state index in [9.17, 15) is 0 Å². The lowest BCUT2D eigenvalue weighted by molar-refractivity contribution is 0.548. The van der Waals surface area contributed by atoms with Gasteiger partial charge in [-0.2, -0.15) is 8.13 Å². The Morgan fingerprint density at radius 2 is 2.56 bits per heavy atom. The molecule has 0 aromatic carbocycles. The maximum Gasteiger partial charge on any atom is 0.203 e. The van der Waals surface area contributed by atoms with E-state index in [1.165, 1.54) is 6.39 Å². The molecular weight excluding hydrogens is 231 g/mol. The average Bonchev–Trinajstić information content (AvgIpc) is 2.33. The number of halogens is 1. The van der Waals surface area contributed by atoms with Crippen molar-refractivity contribution in [1.82, 2.24) is 4.98 Å². The first-order valence-electron chi connectivity index (χ1n) is 2.40. The standard InChI is InChI=1S/C5H3IN2O/c1-2-6-8-5-4(1)9-3-7-5/h1-3H. The minimum atomic E-state index is -0.126. The van der Waals surface area contributed by atoms with E-state index >= 15 is 0 Å². The summed E-state index contributed by atoms with van der Waals surface area (Å²) in [5, 5.41) is 0. The zero-order valence-corrected chi connectivity index (χ0v) is 6.57. The normalized spacial score (nSPS) is 14.7. The molecule has 2 rings (SSSR count). The van der Waals surface area contributed by atoms with Gasteiger partial charge in [0, 0.05) is 21.0 Å². The van der Waals surface area contributed by atoms with Crippen molar-refractivity contribution in [2.45, 2.75) is 0 Å². The molecule has 0 unspecified atom stereocenters. The number of aromatic nitrogens is 1. The van der Waals surface area contributed by atoms with Crippen molar-refractivity contribution in [2.24, 2.45) is 3.15 Å². The van der Waals surface area contributed by atoms with E-state index in [1.54, 1.807) is 0 Å². The third-order valence-electron chi connectivity index (χ3n) is 0.975. The fourth-order valence-corrected chi connectivity index (χ4v) is 1.86. The van der Waals surface area contributed by atoms with Gasteiger partial charge in [0.05, 0.1) is 0 Å².